The van der Waals surface area contributed by atoms with Crippen molar-refractivity contribution >= 4 is 34.9 Å². The fraction of sp³-hybridized carbons (Fsp3) is 0.333. The molecule has 0 aliphatic rings. The molecule has 2 aromatic rings. The van der Waals surface area contributed by atoms with Crippen LogP contribution in [0.15, 0.2) is 42.5 Å². The number of rotatable bonds is 11. The number of hydrogen-bond donors (Lipinski definition) is 0. The summed E-state index contributed by atoms with van der Waals surface area (Å²) in [4.78, 5) is 38.3. The van der Waals surface area contributed by atoms with Gasteiger partial charge in [0.1, 0.15) is 5.75 Å². The highest BCUT2D eigenvalue weighted by Crippen LogP contribution is 2.23. The van der Waals surface area contributed by atoms with Crippen molar-refractivity contribution in [2.45, 2.75) is 33.1 Å². The van der Waals surface area contributed by atoms with Crippen molar-refractivity contribution in [3.05, 3.63) is 58.6 Å². The van der Waals surface area contributed by atoms with Crippen LogP contribution in [0.4, 0.5) is 5.69 Å². The second-order valence-electron chi connectivity index (χ2n) is 6.93. The quantitative estimate of drug-likeness (QED) is 0.365. The predicted molar refractivity (Wildman–Crippen MR) is 121 cm³/mol. The van der Waals surface area contributed by atoms with E-state index in [4.69, 9.17) is 26.3 Å². The molecular weight excluding hydrogens is 432 g/mol. The molecule has 2 aromatic carbocycles. The zero-order valence-corrected chi connectivity index (χ0v) is 18.9. The second-order valence-corrected chi connectivity index (χ2v) is 7.34. The van der Waals surface area contributed by atoms with E-state index in [1.807, 2.05) is 13.0 Å². The summed E-state index contributed by atoms with van der Waals surface area (Å²) >= 11 is 6.04. The summed E-state index contributed by atoms with van der Waals surface area (Å²) in [5.74, 6) is -0.652. The SMILES string of the molecule is CCOc1ccc(C(=O)CCC(=O)OCC(=O)N(CCC#N)c2ccc(Cl)c(C)c2)cc1. The van der Waals surface area contributed by atoms with Gasteiger partial charge in [0.2, 0.25) is 0 Å². The number of esters is 1. The molecule has 168 valence electrons. The van der Waals surface area contributed by atoms with Crippen molar-refractivity contribution in [2.75, 3.05) is 24.7 Å². The van der Waals surface area contributed by atoms with Gasteiger partial charge >= 0.3 is 5.97 Å². The number of hydrogen-bond acceptors (Lipinski definition) is 6. The van der Waals surface area contributed by atoms with Gasteiger partial charge in [0.05, 0.1) is 25.5 Å². The molecule has 0 spiro atoms. The Morgan fingerprint density at radius 3 is 2.44 bits per heavy atom. The molecule has 0 N–H and O–H groups in total. The van der Waals surface area contributed by atoms with Gasteiger partial charge < -0.3 is 14.4 Å². The van der Waals surface area contributed by atoms with Crippen molar-refractivity contribution in [2.24, 2.45) is 0 Å². The lowest BCUT2D eigenvalue weighted by Crippen LogP contribution is -2.35. The molecule has 8 heteroatoms. The van der Waals surface area contributed by atoms with E-state index >= 15 is 0 Å². The van der Waals surface area contributed by atoms with Crippen LogP contribution in [-0.4, -0.2) is 37.4 Å². The van der Waals surface area contributed by atoms with Crippen LogP contribution >= 0.6 is 11.6 Å². The normalized spacial score (nSPS) is 10.2. The van der Waals surface area contributed by atoms with Crippen LogP contribution in [0.1, 0.15) is 42.1 Å². The number of ketones is 1. The third-order valence-electron chi connectivity index (χ3n) is 4.60. The molecule has 0 aliphatic carbocycles. The Balaban J connectivity index is 1.89. The number of aryl methyl sites for hydroxylation is 1. The van der Waals surface area contributed by atoms with Crippen LogP contribution in [0.2, 0.25) is 5.02 Å². The first kappa shape index (κ1) is 24.9. The average molecular weight is 457 g/mol. The van der Waals surface area contributed by atoms with Crippen LogP contribution in [-0.2, 0) is 14.3 Å². The highest BCUT2D eigenvalue weighted by molar-refractivity contribution is 6.31. The van der Waals surface area contributed by atoms with E-state index in [0.717, 1.165) is 5.56 Å². The molecule has 0 aliphatic heterocycles. The summed E-state index contributed by atoms with van der Waals surface area (Å²) in [6.45, 7) is 3.88. The number of nitrogens with zero attached hydrogens (tertiary/aromatic N) is 2. The molecular formula is C24H25ClN2O5. The maximum Gasteiger partial charge on any atom is 0.306 e. The van der Waals surface area contributed by atoms with Gasteiger partial charge in [0, 0.05) is 29.2 Å². The lowest BCUT2D eigenvalue weighted by Gasteiger charge is -2.22. The van der Waals surface area contributed by atoms with E-state index in [-0.39, 0.29) is 31.6 Å². The first-order valence-electron chi connectivity index (χ1n) is 10.2. The molecule has 0 saturated carbocycles. The van der Waals surface area contributed by atoms with E-state index in [9.17, 15) is 14.4 Å². The fourth-order valence-electron chi connectivity index (χ4n) is 2.91. The smallest absolute Gasteiger partial charge is 0.306 e. The number of benzene rings is 2. The second kappa shape index (κ2) is 12.5. The number of halogens is 1. The minimum Gasteiger partial charge on any atom is -0.494 e. The van der Waals surface area contributed by atoms with Gasteiger partial charge in [-0.15, -0.1) is 0 Å². The topological polar surface area (TPSA) is 96.7 Å². The number of Topliss-reactive ketones (excluding diaryl/α,β-unsaturated/α-hetero) is 1. The maximum atomic E-state index is 12.6. The maximum absolute atomic E-state index is 12.6. The van der Waals surface area contributed by atoms with Crippen molar-refractivity contribution in [3.8, 4) is 11.8 Å². The summed E-state index contributed by atoms with van der Waals surface area (Å²) in [6.07, 6.45) is -0.0505. The molecule has 0 saturated heterocycles. The van der Waals surface area contributed by atoms with Crippen molar-refractivity contribution in [3.63, 3.8) is 0 Å². The predicted octanol–water partition coefficient (Wildman–Crippen LogP) is 4.50. The number of carbonyl (C=O) groups excluding carboxylic acids is 3. The molecule has 7 nitrogen and oxygen atoms in total. The Labute approximate surface area is 192 Å². The Hall–Kier alpha value is -3.37. The lowest BCUT2D eigenvalue weighted by molar-refractivity contribution is -0.147. The zero-order chi connectivity index (χ0) is 23.5. The van der Waals surface area contributed by atoms with Crippen LogP contribution in [0, 0.1) is 18.3 Å². The van der Waals surface area contributed by atoms with Gasteiger partial charge in [0.25, 0.3) is 5.91 Å². The van der Waals surface area contributed by atoms with Gasteiger partial charge in [-0.3, -0.25) is 14.4 Å². The van der Waals surface area contributed by atoms with Crippen molar-refractivity contribution < 1.29 is 23.9 Å². The number of anilines is 1. The summed E-state index contributed by atoms with van der Waals surface area (Å²) < 4.78 is 10.4. The highest BCUT2D eigenvalue weighted by atomic mass is 35.5. The van der Waals surface area contributed by atoms with Crippen molar-refractivity contribution in [1.82, 2.24) is 0 Å². The summed E-state index contributed by atoms with van der Waals surface area (Å²) in [6, 6.07) is 13.7. The average Bonchev–Trinajstić information content (AvgIpc) is 2.79. The standard InChI is InChI=1S/C24H25ClN2O5/c1-3-31-20-8-5-18(6-9-20)22(28)11-12-24(30)32-16-23(29)27(14-4-13-26)19-7-10-21(25)17(2)15-19/h5-10,15H,3-4,11-12,14,16H2,1-2H3. The molecule has 0 unspecified atom stereocenters. The molecule has 0 fully saturated rings. The number of nitriles is 1. The van der Waals surface area contributed by atoms with E-state index in [1.165, 1.54) is 4.90 Å². The monoisotopic (exact) mass is 456 g/mol. The highest BCUT2D eigenvalue weighted by Gasteiger charge is 2.19. The van der Waals surface area contributed by atoms with E-state index in [2.05, 4.69) is 0 Å². The van der Waals surface area contributed by atoms with E-state index in [1.54, 1.807) is 49.4 Å². The molecule has 0 heterocycles. The Bertz CT molecular complexity index is 998. The number of ether oxygens (including phenoxy) is 2. The lowest BCUT2D eigenvalue weighted by atomic mass is 10.1. The number of amides is 1. The molecule has 0 aromatic heterocycles. The minimum atomic E-state index is -0.648. The van der Waals surface area contributed by atoms with Crippen LogP contribution < -0.4 is 9.64 Å². The van der Waals surface area contributed by atoms with Crippen LogP contribution in [0.3, 0.4) is 0 Å². The minimum absolute atomic E-state index is 0.0322. The molecule has 32 heavy (non-hydrogen) atoms. The molecule has 0 radical (unpaired) electrons. The van der Waals surface area contributed by atoms with Gasteiger partial charge in [-0.25, -0.2) is 0 Å². The molecule has 0 bridgehead atoms. The first-order chi connectivity index (χ1) is 15.3. The summed E-state index contributed by atoms with van der Waals surface area (Å²) in [5.41, 5.74) is 1.82. The zero-order valence-electron chi connectivity index (χ0n) is 18.1. The third-order valence-corrected chi connectivity index (χ3v) is 5.03. The van der Waals surface area contributed by atoms with Crippen LogP contribution in [0.5, 0.6) is 5.75 Å². The van der Waals surface area contributed by atoms with Gasteiger partial charge in [-0.1, -0.05) is 11.6 Å². The van der Waals surface area contributed by atoms with Gasteiger partial charge in [-0.2, -0.15) is 5.26 Å². The largest absolute Gasteiger partial charge is 0.494 e. The van der Waals surface area contributed by atoms with E-state index < -0.39 is 18.5 Å². The Kier molecular flexibility index (Phi) is 9.71. The first-order valence-corrected chi connectivity index (χ1v) is 10.6. The third kappa shape index (κ3) is 7.40. The molecule has 0 atom stereocenters. The molecule has 1 amide bonds. The van der Waals surface area contributed by atoms with Gasteiger partial charge in [-0.05, 0) is 61.9 Å². The Morgan fingerprint density at radius 1 is 1.09 bits per heavy atom. The molecule has 2 rings (SSSR count). The van der Waals surface area contributed by atoms with Crippen molar-refractivity contribution in [1.29, 1.82) is 5.26 Å². The fourth-order valence-corrected chi connectivity index (χ4v) is 3.03. The Morgan fingerprint density at radius 2 is 1.81 bits per heavy atom. The summed E-state index contributed by atoms with van der Waals surface area (Å²) in [7, 11) is 0. The number of carbonyl (C=O) groups is 3. The summed E-state index contributed by atoms with van der Waals surface area (Å²) in [5, 5.41) is 9.45. The van der Waals surface area contributed by atoms with E-state index in [0.29, 0.717) is 28.6 Å². The van der Waals surface area contributed by atoms with Gasteiger partial charge in [0.15, 0.2) is 12.4 Å². The van der Waals surface area contributed by atoms with Crippen LogP contribution in [0.25, 0.3) is 0 Å².